The molecule has 3 rings (SSSR count). The molecule has 1 unspecified atom stereocenters. The minimum atomic E-state index is -0.422. The summed E-state index contributed by atoms with van der Waals surface area (Å²) in [5, 5.41) is 8.26. The van der Waals surface area contributed by atoms with Crippen LogP contribution in [0.4, 0.5) is 9.80 Å². The second kappa shape index (κ2) is 10.1. The van der Waals surface area contributed by atoms with Gasteiger partial charge in [-0.2, -0.15) is 0 Å². The van der Waals surface area contributed by atoms with Gasteiger partial charge in [-0.05, 0) is 62.9 Å². The van der Waals surface area contributed by atoms with E-state index >= 15 is 0 Å². The van der Waals surface area contributed by atoms with Crippen molar-refractivity contribution in [3.05, 3.63) is 16.5 Å². The first-order chi connectivity index (χ1) is 14.0. The van der Waals surface area contributed by atoms with E-state index in [4.69, 9.17) is 9.47 Å². The van der Waals surface area contributed by atoms with Crippen molar-refractivity contribution < 1.29 is 23.9 Å². The molecular formula is C20H29N3O5S. The van der Waals surface area contributed by atoms with Crippen LogP contribution >= 0.6 is 11.3 Å². The zero-order chi connectivity index (χ0) is 20.8. The number of likely N-dealkylation sites (tertiary alicyclic amines) is 1. The van der Waals surface area contributed by atoms with Crippen LogP contribution in [0.3, 0.4) is 0 Å². The highest BCUT2D eigenvalue weighted by Gasteiger charge is 2.32. The van der Waals surface area contributed by atoms with Crippen molar-refractivity contribution in [1.29, 1.82) is 0 Å². The van der Waals surface area contributed by atoms with Gasteiger partial charge in [-0.1, -0.05) is 0 Å². The third kappa shape index (κ3) is 5.93. The minimum Gasteiger partial charge on any atom is -0.462 e. The maximum absolute atomic E-state index is 12.6. The lowest BCUT2D eigenvalue weighted by molar-refractivity contribution is -0.117. The predicted octanol–water partition coefficient (Wildman–Crippen LogP) is 2.95. The third-order valence-electron chi connectivity index (χ3n) is 5.04. The Morgan fingerprint density at radius 1 is 1.17 bits per heavy atom. The smallest absolute Gasteiger partial charge is 0.407 e. The number of piperidine rings is 1. The van der Waals surface area contributed by atoms with Crippen molar-refractivity contribution in [2.45, 2.75) is 51.5 Å². The molecule has 2 N–H and O–H groups in total. The lowest BCUT2D eigenvalue weighted by atomic mass is 10.1. The summed E-state index contributed by atoms with van der Waals surface area (Å²) in [7, 11) is 0. The Morgan fingerprint density at radius 3 is 2.62 bits per heavy atom. The first kappa shape index (κ1) is 21.6. The zero-order valence-electron chi connectivity index (χ0n) is 17.0. The number of alkyl carbamates (subject to hydrolysis) is 1. The summed E-state index contributed by atoms with van der Waals surface area (Å²) in [6, 6.07) is -0.0334. The van der Waals surface area contributed by atoms with Gasteiger partial charge < -0.3 is 20.1 Å². The Kier molecular flexibility index (Phi) is 7.49. The molecule has 2 aliphatic rings. The molecule has 1 atom stereocenters. The van der Waals surface area contributed by atoms with Crippen LogP contribution in [0, 0.1) is 0 Å². The lowest BCUT2D eigenvalue weighted by Gasteiger charge is -2.32. The van der Waals surface area contributed by atoms with Crippen LogP contribution in [0.5, 0.6) is 0 Å². The Hall–Kier alpha value is -2.13. The molecule has 1 saturated carbocycles. The van der Waals surface area contributed by atoms with Gasteiger partial charge in [0, 0.05) is 12.6 Å². The molecule has 1 aromatic rings. The molecule has 1 aliphatic heterocycles. The monoisotopic (exact) mass is 423 g/mol. The highest BCUT2D eigenvalue weighted by Crippen LogP contribution is 2.46. The van der Waals surface area contributed by atoms with Crippen molar-refractivity contribution in [3.63, 3.8) is 0 Å². The summed E-state index contributed by atoms with van der Waals surface area (Å²) in [5.74, 6) is -0.146. The molecule has 0 aromatic carbocycles. The predicted molar refractivity (Wildman–Crippen MR) is 110 cm³/mol. The number of nitrogens with one attached hydrogen (secondary N) is 2. The van der Waals surface area contributed by atoms with E-state index in [0.29, 0.717) is 36.2 Å². The normalized spacial score (nSPS) is 19.4. The molecule has 1 aliphatic carbocycles. The number of ether oxygens (including phenoxy) is 2. The largest absolute Gasteiger partial charge is 0.462 e. The molecule has 29 heavy (non-hydrogen) atoms. The number of carbonyl (C=O) groups excluding carboxylic acids is 3. The number of carbonyl (C=O) groups is 3. The first-order valence-electron chi connectivity index (χ1n) is 10.3. The molecule has 2 fully saturated rings. The van der Waals surface area contributed by atoms with E-state index in [9.17, 15) is 14.4 Å². The van der Waals surface area contributed by atoms with Gasteiger partial charge in [0.05, 0.1) is 25.3 Å². The van der Waals surface area contributed by atoms with Crippen molar-refractivity contribution in [3.8, 4) is 0 Å². The molecular weight excluding hydrogens is 394 g/mol. The number of hydrogen-bond donors (Lipinski definition) is 2. The molecule has 9 heteroatoms. The summed E-state index contributed by atoms with van der Waals surface area (Å²) in [5.41, 5.74) is 1.49. The van der Waals surface area contributed by atoms with Crippen molar-refractivity contribution >= 4 is 34.3 Å². The van der Waals surface area contributed by atoms with Crippen molar-refractivity contribution in [1.82, 2.24) is 10.2 Å². The van der Waals surface area contributed by atoms with Gasteiger partial charge >= 0.3 is 12.1 Å². The minimum absolute atomic E-state index is 0.0334. The Balaban J connectivity index is 1.58. The van der Waals surface area contributed by atoms with Gasteiger partial charge in [0.15, 0.2) is 0 Å². The standard InChI is InChI=1S/C20H29N3O5S/c1-3-27-19(25)17-15(13-7-8-13)12-29-18(17)22-16(24)11-23-9-5-6-14(10-23)21-20(26)28-4-2/h12-14H,3-11H2,1-2H3,(H,21,26)(H,22,24). The highest BCUT2D eigenvalue weighted by molar-refractivity contribution is 7.15. The molecule has 8 nitrogen and oxygen atoms in total. The van der Waals surface area contributed by atoms with E-state index in [2.05, 4.69) is 10.6 Å². The number of thiophene rings is 1. The van der Waals surface area contributed by atoms with Crippen molar-refractivity contribution in [2.24, 2.45) is 0 Å². The maximum Gasteiger partial charge on any atom is 0.407 e. The van der Waals surface area contributed by atoms with E-state index in [1.807, 2.05) is 10.3 Å². The number of rotatable bonds is 8. The molecule has 0 radical (unpaired) electrons. The van der Waals surface area contributed by atoms with Crippen LogP contribution in [0.25, 0.3) is 0 Å². The fourth-order valence-corrected chi connectivity index (χ4v) is 4.64. The van der Waals surface area contributed by atoms with Gasteiger partial charge in [-0.3, -0.25) is 9.69 Å². The molecule has 1 aromatic heterocycles. The average Bonchev–Trinajstić information content (AvgIpc) is 3.43. The first-order valence-corrected chi connectivity index (χ1v) is 11.1. The summed E-state index contributed by atoms with van der Waals surface area (Å²) < 4.78 is 10.1. The van der Waals surface area contributed by atoms with Crippen molar-refractivity contribution in [2.75, 3.05) is 38.2 Å². The SMILES string of the molecule is CCOC(=O)NC1CCCN(CC(=O)Nc2scc(C3CC3)c2C(=O)OCC)C1. The van der Waals surface area contributed by atoms with Crippen LogP contribution in [0.2, 0.25) is 0 Å². The summed E-state index contributed by atoms with van der Waals surface area (Å²) in [6.45, 7) is 5.76. The number of nitrogens with zero attached hydrogens (tertiary/aromatic N) is 1. The van der Waals surface area contributed by atoms with Crippen LogP contribution in [0.15, 0.2) is 5.38 Å². The van der Waals surface area contributed by atoms with Crippen LogP contribution in [-0.4, -0.2) is 61.8 Å². The molecule has 2 heterocycles. The maximum atomic E-state index is 12.6. The topological polar surface area (TPSA) is 97.0 Å². The van der Waals surface area contributed by atoms with Gasteiger partial charge in [-0.25, -0.2) is 9.59 Å². The van der Waals surface area contributed by atoms with Crippen LogP contribution in [0.1, 0.15) is 61.4 Å². The highest BCUT2D eigenvalue weighted by atomic mass is 32.1. The van der Waals surface area contributed by atoms with Gasteiger partial charge in [0.25, 0.3) is 0 Å². The van der Waals surface area contributed by atoms with E-state index in [1.54, 1.807) is 13.8 Å². The van der Waals surface area contributed by atoms with E-state index in [-0.39, 0.29) is 24.5 Å². The quantitative estimate of drug-likeness (QED) is 0.624. The van der Waals surface area contributed by atoms with E-state index in [1.165, 1.54) is 11.3 Å². The third-order valence-corrected chi connectivity index (χ3v) is 5.95. The molecule has 0 bridgehead atoms. The lowest BCUT2D eigenvalue weighted by Crippen LogP contribution is -2.49. The number of esters is 1. The molecule has 1 saturated heterocycles. The van der Waals surface area contributed by atoms with Crippen LogP contribution in [-0.2, 0) is 14.3 Å². The average molecular weight is 424 g/mol. The van der Waals surface area contributed by atoms with Gasteiger partial charge in [0.1, 0.15) is 5.00 Å². The van der Waals surface area contributed by atoms with E-state index < -0.39 is 6.09 Å². The Labute approximate surface area is 174 Å². The summed E-state index contributed by atoms with van der Waals surface area (Å²) in [4.78, 5) is 38.7. The zero-order valence-corrected chi connectivity index (χ0v) is 17.8. The summed E-state index contributed by atoms with van der Waals surface area (Å²) in [6.07, 6.45) is 3.47. The number of amides is 2. The second-order valence-corrected chi connectivity index (χ2v) is 8.26. The molecule has 160 valence electrons. The fourth-order valence-electron chi connectivity index (χ4n) is 3.60. The van der Waals surface area contributed by atoms with Gasteiger partial charge in [-0.15, -0.1) is 11.3 Å². The Bertz CT molecular complexity index is 746. The van der Waals surface area contributed by atoms with E-state index in [0.717, 1.165) is 37.8 Å². The van der Waals surface area contributed by atoms with Crippen LogP contribution < -0.4 is 10.6 Å². The second-order valence-electron chi connectivity index (χ2n) is 7.38. The summed E-state index contributed by atoms with van der Waals surface area (Å²) >= 11 is 1.38. The fraction of sp³-hybridized carbons (Fsp3) is 0.650. The Morgan fingerprint density at radius 2 is 1.93 bits per heavy atom. The number of anilines is 1. The van der Waals surface area contributed by atoms with Gasteiger partial charge in [0.2, 0.25) is 5.91 Å². The molecule has 0 spiro atoms. The molecule has 2 amide bonds. The number of hydrogen-bond acceptors (Lipinski definition) is 7.